The van der Waals surface area contributed by atoms with Crippen molar-refractivity contribution in [1.29, 1.82) is 0 Å². The zero-order valence-corrected chi connectivity index (χ0v) is 13.9. The summed E-state index contributed by atoms with van der Waals surface area (Å²) in [6.45, 7) is 3.55. The van der Waals surface area contributed by atoms with E-state index < -0.39 is 0 Å². The Bertz CT molecular complexity index is 697. The van der Waals surface area contributed by atoms with Crippen molar-refractivity contribution >= 4 is 16.9 Å². The van der Waals surface area contributed by atoms with Gasteiger partial charge in [-0.25, -0.2) is 0 Å². The molecule has 0 unspecified atom stereocenters. The van der Waals surface area contributed by atoms with Gasteiger partial charge in [0.2, 0.25) is 5.91 Å². The van der Waals surface area contributed by atoms with Crippen LogP contribution >= 0.6 is 0 Å². The molecule has 0 atom stereocenters. The number of aromatic nitrogens is 1. The van der Waals surface area contributed by atoms with Crippen molar-refractivity contribution in [1.82, 2.24) is 10.1 Å². The number of benzene rings is 1. The number of likely N-dealkylation sites (tertiary alicyclic amines) is 1. The van der Waals surface area contributed by atoms with Gasteiger partial charge in [0.1, 0.15) is 5.69 Å². The summed E-state index contributed by atoms with van der Waals surface area (Å²) in [7, 11) is 0. The molecular weight excluding hydrogens is 304 g/mol. The number of piperidine rings is 1. The number of hydrogen-bond donors (Lipinski definition) is 0. The van der Waals surface area contributed by atoms with E-state index in [1.807, 2.05) is 29.2 Å². The summed E-state index contributed by atoms with van der Waals surface area (Å²) in [6, 6.07) is 7.72. The van der Waals surface area contributed by atoms with Crippen molar-refractivity contribution in [3.63, 3.8) is 0 Å². The third-order valence-corrected chi connectivity index (χ3v) is 5.60. The summed E-state index contributed by atoms with van der Waals surface area (Å²) in [5.74, 6) is 1.71. The average molecular weight is 328 g/mol. The molecule has 0 N–H and O–H groups in total. The Morgan fingerprint density at radius 3 is 2.58 bits per heavy atom. The second-order valence-electron chi connectivity index (χ2n) is 6.97. The molecule has 1 amide bonds. The van der Waals surface area contributed by atoms with Crippen molar-refractivity contribution in [3.05, 3.63) is 30.0 Å². The van der Waals surface area contributed by atoms with Crippen LogP contribution in [-0.4, -0.2) is 42.3 Å². The van der Waals surface area contributed by atoms with E-state index in [0.29, 0.717) is 6.42 Å². The second-order valence-corrected chi connectivity index (χ2v) is 6.97. The van der Waals surface area contributed by atoms with E-state index in [-0.39, 0.29) is 5.91 Å². The number of rotatable bonds is 3. The van der Waals surface area contributed by atoms with Gasteiger partial charge in [0.05, 0.1) is 6.42 Å². The molecule has 2 aliphatic heterocycles. The molecular formula is C19H24N2O3. The summed E-state index contributed by atoms with van der Waals surface area (Å²) in [6.07, 6.45) is 4.94. The van der Waals surface area contributed by atoms with Gasteiger partial charge in [-0.3, -0.25) is 4.79 Å². The standard InChI is InChI=1S/C19H24N2O3/c22-19(13-17-16-3-1-2-4-18(16)24-20-17)21-9-5-14(6-10-21)15-7-11-23-12-8-15/h1-4,14-15H,5-13H2. The number of hydrogen-bond acceptors (Lipinski definition) is 4. The Morgan fingerprint density at radius 1 is 1.08 bits per heavy atom. The highest BCUT2D eigenvalue weighted by Gasteiger charge is 2.29. The van der Waals surface area contributed by atoms with Gasteiger partial charge in [0.15, 0.2) is 5.58 Å². The summed E-state index contributed by atoms with van der Waals surface area (Å²) < 4.78 is 10.8. The first-order valence-corrected chi connectivity index (χ1v) is 9.00. The minimum absolute atomic E-state index is 0.166. The fourth-order valence-electron chi connectivity index (χ4n) is 4.13. The van der Waals surface area contributed by atoms with E-state index in [1.54, 1.807) is 0 Å². The first-order chi connectivity index (χ1) is 11.8. The Balaban J connectivity index is 1.34. The topological polar surface area (TPSA) is 55.6 Å². The summed E-state index contributed by atoms with van der Waals surface area (Å²) in [5, 5.41) is 5.03. The van der Waals surface area contributed by atoms with Crippen LogP contribution < -0.4 is 0 Å². The van der Waals surface area contributed by atoms with Crippen molar-refractivity contribution in [2.75, 3.05) is 26.3 Å². The van der Waals surface area contributed by atoms with E-state index in [0.717, 1.165) is 67.6 Å². The zero-order chi connectivity index (χ0) is 16.4. The summed E-state index contributed by atoms with van der Waals surface area (Å²) in [5.41, 5.74) is 1.50. The minimum atomic E-state index is 0.166. The highest BCUT2D eigenvalue weighted by Crippen LogP contribution is 2.32. The van der Waals surface area contributed by atoms with E-state index >= 15 is 0 Å². The molecule has 1 aromatic carbocycles. The Kier molecular flexibility index (Phi) is 4.52. The van der Waals surface area contributed by atoms with Crippen molar-refractivity contribution in [2.45, 2.75) is 32.1 Å². The SMILES string of the molecule is O=C(Cc1noc2ccccc12)N1CCC(C2CCOCC2)CC1. The zero-order valence-electron chi connectivity index (χ0n) is 13.9. The summed E-state index contributed by atoms with van der Waals surface area (Å²) >= 11 is 0. The van der Waals surface area contributed by atoms with E-state index in [1.165, 1.54) is 12.8 Å². The van der Waals surface area contributed by atoms with Crippen LogP contribution in [0.25, 0.3) is 11.0 Å². The van der Waals surface area contributed by atoms with Gasteiger partial charge in [-0.15, -0.1) is 0 Å². The van der Waals surface area contributed by atoms with Gasteiger partial charge in [0.25, 0.3) is 0 Å². The molecule has 3 heterocycles. The lowest BCUT2D eigenvalue weighted by Gasteiger charge is -2.37. The quantitative estimate of drug-likeness (QED) is 0.869. The van der Waals surface area contributed by atoms with Crippen LogP contribution in [0, 0.1) is 11.8 Å². The molecule has 2 aromatic rings. The van der Waals surface area contributed by atoms with Gasteiger partial charge in [-0.05, 0) is 49.7 Å². The predicted molar refractivity (Wildman–Crippen MR) is 90.6 cm³/mol. The van der Waals surface area contributed by atoms with Crippen molar-refractivity contribution in [2.24, 2.45) is 11.8 Å². The largest absolute Gasteiger partial charge is 0.381 e. The van der Waals surface area contributed by atoms with Crippen LogP contribution in [0.2, 0.25) is 0 Å². The molecule has 128 valence electrons. The lowest BCUT2D eigenvalue weighted by molar-refractivity contribution is -0.132. The fraction of sp³-hybridized carbons (Fsp3) is 0.579. The van der Waals surface area contributed by atoms with Crippen molar-refractivity contribution in [3.8, 4) is 0 Å². The molecule has 0 aliphatic carbocycles. The van der Waals surface area contributed by atoms with E-state index in [9.17, 15) is 4.79 Å². The number of fused-ring (bicyclic) bond motifs is 1. The smallest absolute Gasteiger partial charge is 0.228 e. The highest BCUT2D eigenvalue weighted by molar-refractivity contribution is 5.86. The first-order valence-electron chi connectivity index (χ1n) is 9.00. The van der Waals surface area contributed by atoms with E-state index in [2.05, 4.69) is 5.16 Å². The average Bonchev–Trinajstić information content (AvgIpc) is 3.06. The number of carbonyl (C=O) groups excluding carboxylic acids is 1. The third-order valence-electron chi connectivity index (χ3n) is 5.60. The van der Waals surface area contributed by atoms with Gasteiger partial charge in [-0.1, -0.05) is 17.3 Å². The Morgan fingerprint density at radius 2 is 1.79 bits per heavy atom. The maximum atomic E-state index is 12.6. The number of para-hydroxylation sites is 1. The second kappa shape index (κ2) is 6.93. The van der Waals surface area contributed by atoms with Gasteiger partial charge in [0, 0.05) is 31.7 Å². The van der Waals surface area contributed by atoms with Crippen LogP contribution in [0.1, 0.15) is 31.4 Å². The molecule has 0 bridgehead atoms. The van der Waals surface area contributed by atoms with E-state index in [4.69, 9.17) is 9.26 Å². The maximum absolute atomic E-state index is 12.6. The molecule has 0 spiro atoms. The number of nitrogens with zero attached hydrogens (tertiary/aromatic N) is 2. The number of ether oxygens (including phenoxy) is 1. The Labute approximate surface area is 141 Å². The Hall–Kier alpha value is -1.88. The molecule has 4 rings (SSSR count). The third kappa shape index (κ3) is 3.18. The van der Waals surface area contributed by atoms with Crippen molar-refractivity contribution < 1.29 is 14.1 Å². The molecule has 24 heavy (non-hydrogen) atoms. The highest BCUT2D eigenvalue weighted by atomic mass is 16.5. The molecule has 5 nitrogen and oxygen atoms in total. The maximum Gasteiger partial charge on any atom is 0.228 e. The van der Waals surface area contributed by atoms with Crippen LogP contribution in [-0.2, 0) is 16.0 Å². The number of carbonyl (C=O) groups is 1. The molecule has 0 radical (unpaired) electrons. The first kappa shape index (κ1) is 15.6. The molecule has 2 fully saturated rings. The number of amides is 1. The molecule has 1 aromatic heterocycles. The predicted octanol–water partition coefficient (Wildman–Crippen LogP) is 3.04. The normalized spacial score (nSPS) is 20.6. The minimum Gasteiger partial charge on any atom is -0.381 e. The van der Waals surface area contributed by atoms with Gasteiger partial charge in [-0.2, -0.15) is 0 Å². The van der Waals surface area contributed by atoms with Crippen LogP contribution in [0.5, 0.6) is 0 Å². The summed E-state index contributed by atoms with van der Waals surface area (Å²) in [4.78, 5) is 14.6. The molecule has 0 saturated carbocycles. The fourth-order valence-corrected chi connectivity index (χ4v) is 4.13. The van der Waals surface area contributed by atoms with Crippen LogP contribution in [0.15, 0.2) is 28.8 Å². The monoisotopic (exact) mass is 328 g/mol. The molecule has 2 aliphatic rings. The lowest BCUT2D eigenvalue weighted by Crippen LogP contribution is -2.41. The molecule has 5 heteroatoms. The van der Waals surface area contributed by atoms with Gasteiger partial charge < -0.3 is 14.2 Å². The molecule has 2 saturated heterocycles. The van der Waals surface area contributed by atoms with Crippen LogP contribution in [0.3, 0.4) is 0 Å². The lowest BCUT2D eigenvalue weighted by atomic mass is 9.80. The van der Waals surface area contributed by atoms with Gasteiger partial charge >= 0.3 is 0 Å². The van der Waals surface area contributed by atoms with Crippen LogP contribution in [0.4, 0.5) is 0 Å².